The summed E-state index contributed by atoms with van der Waals surface area (Å²) in [6, 6.07) is 9.29. The summed E-state index contributed by atoms with van der Waals surface area (Å²) in [6.45, 7) is 3.94. The molecule has 0 aliphatic rings. The summed E-state index contributed by atoms with van der Waals surface area (Å²) in [6.07, 6.45) is -0.865. The average molecular weight is 287 g/mol. The van der Waals surface area contributed by atoms with Crippen molar-refractivity contribution in [3.63, 3.8) is 0 Å². The van der Waals surface area contributed by atoms with E-state index in [1.165, 1.54) is 0 Å². The Morgan fingerprint density at radius 2 is 1.71 bits per heavy atom. The van der Waals surface area contributed by atoms with Crippen LogP contribution in [-0.2, 0) is 0 Å². The highest BCUT2D eigenvalue weighted by Crippen LogP contribution is 2.38. The largest absolute Gasteiger partial charge is 0.496 e. The third-order valence-electron chi connectivity index (χ3n) is 3.60. The van der Waals surface area contributed by atoms with Crippen LogP contribution in [-0.4, -0.2) is 19.3 Å². The van der Waals surface area contributed by atoms with Crippen LogP contribution < -0.4 is 15.2 Å². The van der Waals surface area contributed by atoms with Gasteiger partial charge in [-0.15, -0.1) is 0 Å². The third-order valence-corrected chi connectivity index (χ3v) is 3.60. The molecule has 0 aliphatic carbocycles. The van der Waals surface area contributed by atoms with Crippen molar-refractivity contribution in [3.05, 3.63) is 52.6 Å². The van der Waals surface area contributed by atoms with Gasteiger partial charge in [0.1, 0.15) is 17.6 Å². The number of methoxy groups -OCH3 is 2. The van der Waals surface area contributed by atoms with Crippen molar-refractivity contribution in [2.75, 3.05) is 20.0 Å². The van der Waals surface area contributed by atoms with Crippen LogP contribution in [0.2, 0.25) is 0 Å². The molecule has 21 heavy (non-hydrogen) atoms. The molecule has 0 aromatic heterocycles. The minimum atomic E-state index is -0.865. The number of ether oxygens (including phenoxy) is 2. The van der Waals surface area contributed by atoms with Gasteiger partial charge in [0.15, 0.2) is 0 Å². The highest BCUT2D eigenvalue weighted by molar-refractivity contribution is 5.62. The fourth-order valence-electron chi connectivity index (χ4n) is 2.59. The van der Waals surface area contributed by atoms with Gasteiger partial charge < -0.3 is 20.3 Å². The van der Waals surface area contributed by atoms with Crippen molar-refractivity contribution < 1.29 is 14.6 Å². The summed E-state index contributed by atoms with van der Waals surface area (Å²) in [4.78, 5) is 0. The van der Waals surface area contributed by atoms with E-state index in [1.54, 1.807) is 26.4 Å². The standard InChI is InChI=1S/C17H21NO3/c1-10-8-11(2)15(14(9-10)21-4)17(19)12-6-5-7-13(20-3)16(12)18/h5-9,17,19H,18H2,1-4H3. The van der Waals surface area contributed by atoms with Gasteiger partial charge in [-0.1, -0.05) is 18.2 Å². The van der Waals surface area contributed by atoms with Gasteiger partial charge in [0.2, 0.25) is 0 Å². The Labute approximate surface area is 125 Å². The number of para-hydroxylation sites is 1. The molecule has 4 nitrogen and oxygen atoms in total. The normalized spacial score (nSPS) is 12.0. The molecule has 3 N–H and O–H groups in total. The van der Waals surface area contributed by atoms with Gasteiger partial charge in [0.05, 0.1) is 19.9 Å². The summed E-state index contributed by atoms with van der Waals surface area (Å²) in [5.41, 5.74) is 9.90. The summed E-state index contributed by atoms with van der Waals surface area (Å²) < 4.78 is 10.6. The Morgan fingerprint density at radius 3 is 2.33 bits per heavy atom. The van der Waals surface area contributed by atoms with Gasteiger partial charge >= 0.3 is 0 Å². The Hall–Kier alpha value is -2.20. The molecule has 2 aromatic rings. The van der Waals surface area contributed by atoms with Gasteiger partial charge in [0, 0.05) is 11.1 Å². The molecule has 0 bridgehead atoms. The molecule has 0 aliphatic heterocycles. The van der Waals surface area contributed by atoms with Crippen molar-refractivity contribution in [1.82, 2.24) is 0 Å². The first-order valence-corrected chi connectivity index (χ1v) is 6.75. The van der Waals surface area contributed by atoms with Crippen molar-refractivity contribution in [1.29, 1.82) is 0 Å². The molecule has 4 heteroatoms. The number of hydrogen-bond acceptors (Lipinski definition) is 4. The van der Waals surface area contributed by atoms with E-state index in [2.05, 4.69) is 0 Å². The van der Waals surface area contributed by atoms with Crippen LogP contribution in [0.3, 0.4) is 0 Å². The highest BCUT2D eigenvalue weighted by Gasteiger charge is 2.21. The molecule has 0 saturated heterocycles. The number of aliphatic hydroxyl groups excluding tert-OH is 1. The zero-order valence-electron chi connectivity index (χ0n) is 12.8. The van der Waals surface area contributed by atoms with E-state index in [0.29, 0.717) is 22.7 Å². The van der Waals surface area contributed by atoms with Crippen LogP contribution in [0.5, 0.6) is 11.5 Å². The van der Waals surface area contributed by atoms with E-state index in [9.17, 15) is 5.11 Å². The van der Waals surface area contributed by atoms with E-state index < -0.39 is 6.10 Å². The van der Waals surface area contributed by atoms with Crippen molar-refractivity contribution in [2.45, 2.75) is 20.0 Å². The smallest absolute Gasteiger partial charge is 0.142 e. The first kappa shape index (κ1) is 15.2. The first-order valence-electron chi connectivity index (χ1n) is 6.75. The zero-order valence-corrected chi connectivity index (χ0v) is 12.8. The van der Waals surface area contributed by atoms with Crippen molar-refractivity contribution >= 4 is 5.69 Å². The van der Waals surface area contributed by atoms with Gasteiger partial charge in [-0.25, -0.2) is 0 Å². The molecule has 2 aromatic carbocycles. The molecule has 0 heterocycles. The quantitative estimate of drug-likeness (QED) is 0.848. The Balaban J connectivity index is 2.57. The maximum Gasteiger partial charge on any atom is 0.142 e. The van der Waals surface area contributed by atoms with Crippen LogP contribution in [0.4, 0.5) is 5.69 Å². The summed E-state index contributed by atoms with van der Waals surface area (Å²) in [7, 11) is 3.15. The number of nitrogens with two attached hydrogens (primary N) is 1. The molecule has 0 radical (unpaired) electrons. The van der Waals surface area contributed by atoms with Gasteiger partial charge in [-0.05, 0) is 37.1 Å². The maximum atomic E-state index is 10.8. The Morgan fingerprint density at radius 1 is 1.05 bits per heavy atom. The van der Waals surface area contributed by atoms with Gasteiger partial charge in [-0.2, -0.15) is 0 Å². The number of nitrogen functional groups attached to an aromatic ring is 1. The topological polar surface area (TPSA) is 64.7 Å². The average Bonchev–Trinajstić information content (AvgIpc) is 2.46. The number of aliphatic hydroxyl groups is 1. The molecule has 0 amide bonds. The van der Waals surface area contributed by atoms with Crippen LogP contribution in [0.15, 0.2) is 30.3 Å². The first-order chi connectivity index (χ1) is 9.99. The predicted octanol–water partition coefficient (Wildman–Crippen LogP) is 2.98. The summed E-state index contributed by atoms with van der Waals surface area (Å²) >= 11 is 0. The van der Waals surface area contributed by atoms with E-state index in [1.807, 2.05) is 32.0 Å². The highest BCUT2D eigenvalue weighted by atomic mass is 16.5. The second-order valence-electron chi connectivity index (χ2n) is 5.06. The van der Waals surface area contributed by atoms with Crippen LogP contribution in [0.1, 0.15) is 28.4 Å². The SMILES string of the molecule is COc1cccc(C(O)c2c(C)cc(C)cc2OC)c1N. The lowest BCUT2D eigenvalue weighted by Gasteiger charge is -2.20. The van der Waals surface area contributed by atoms with Crippen LogP contribution in [0.25, 0.3) is 0 Å². The van der Waals surface area contributed by atoms with Crippen molar-refractivity contribution in [3.8, 4) is 11.5 Å². The van der Waals surface area contributed by atoms with Gasteiger partial charge in [0.25, 0.3) is 0 Å². The Kier molecular flexibility index (Phi) is 4.38. The zero-order chi connectivity index (χ0) is 15.6. The minimum absolute atomic E-state index is 0.439. The number of benzene rings is 2. The van der Waals surface area contributed by atoms with E-state index >= 15 is 0 Å². The lowest BCUT2D eigenvalue weighted by Crippen LogP contribution is -2.08. The number of hydrogen-bond donors (Lipinski definition) is 2. The fraction of sp³-hybridized carbons (Fsp3) is 0.294. The van der Waals surface area contributed by atoms with E-state index in [0.717, 1.165) is 16.7 Å². The monoisotopic (exact) mass is 287 g/mol. The molecule has 2 rings (SSSR count). The maximum absolute atomic E-state index is 10.8. The molecule has 0 saturated carbocycles. The minimum Gasteiger partial charge on any atom is -0.496 e. The number of rotatable bonds is 4. The van der Waals surface area contributed by atoms with E-state index in [4.69, 9.17) is 15.2 Å². The van der Waals surface area contributed by atoms with Crippen LogP contribution in [0, 0.1) is 13.8 Å². The van der Waals surface area contributed by atoms with E-state index in [-0.39, 0.29) is 0 Å². The van der Waals surface area contributed by atoms with Crippen molar-refractivity contribution in [2.24, 2.45) is 0 Å². The predicted molar refractivity (Wildman–Crippen MR) is 83.9 cm³/mol. The van der Waals surface area contributed by atoms with Gasteiger partial charge in [-0.3, -0.25) is 0 Å². The molecule has 0 spiro atoms. The second-order valence-corrected chi connectivity index (χ2v) is 5.06. The third kappa shape index (κ3) is 2.81. The molecule has 1 unspecified atom stereocenters. The lowest BCUT2D eigenvalue weighted by molar-refractivity contribution is 0.214. The molecule has 0 fully saturated rings. The number of anilines is 1. The fourth-order valence-corrected chi connectivity index (χ4v) is 2.59. The molecule has 1 atom stereocenters. The summed E-state index contributed by atoms with van der Waals surface area (Å²) in [5, 5.41) is 10.8. The lowest BCUT2D eigenvalue weighted by atomic mass is 9.94. The summed E-state index contributed by atoms with van der Waals surface area (Å²) in [5.74, 6) is 1.21. The molecular weight excluding hydrogens is 266 g/mol. The second kappa shape index (κ2) is 6.06. The molecule has 112 valence electrons. The molecular formula is C17H21NO3. The Bertz CT molecular complexity index is 653. The van der Waals surface area contributed by atoms with Crippen LogP contribution >= 0.6 is 0 Å². The number of aryl methyl sites for hydroxylation is 2.